The van der Waals surface area contributed by atoms with Crippen LogP contribution in [-0.2, 0) is 9.59 Å². The van der Waals surface area contributed by atoms with Gasteiger partial charge in [-0.3, -0.25) is 9.59 Å². The summed E-state index contributed by atoms with van der Waals surface area (Å²) < 4.78 is 0. The van der Waals surface area contributed by atoms with E-state index in [0.29, 0.717) is 17.3 Å². The smallest absolute Gasteiger partial charge is 0.313 e. The zero-order chi connectivity index (χ0) is 15.7. The Bertz CT molecular complexity index is 462. The number of unbranched alkanes of at least 4 members (excludes halogenated alkanes) is 2. The Morgan fingerprint density at radius 3 is 2.43 bits per heavy atom. The molecule has 1 aromatic rings. The van der Waals surface area contributed by atoms with E-state index in [1.54, 1.807) is 24.3 Å². The summed E-state index contributed by atoms with van der Waals surface area (Å²) in [6.45, 7) is 2.54. The summed E-state index contributed by atoms with van der Waals surface area (Å²) in [6.07, 6.45) is 2.82. The molecule has 0 aliphatic heterocycles. The number of nitrogens with zero attached hydrogens (tertiary/aromatic N) is 1. The summed E-state index contributed by atoms with van der Waals surface area (Å²) in [6, 6.07) is 6.52. The summed E-state index contributed by atoms with van der Waals surface area (Å²) in [5.74, 6) is -1.34. The van der Waals surface area contributed by atoms with Crippen LogP contribution < -0.4 is 5.32 Å². The number of carbonyl (C=O) groups is 2. The Hall–Kier alpha value is -1.59. The summed E-state index contributed by atoms with van der Waals surface area (Å²) in [5.41, 5.74) is 0.509. The molecule has 0 spiro atoms. The van der Waals surface area contributed by atoms with Crippen LogP contribution in [0.25, 0.3) is 0 Å². The molecule has 1 aromatic carbocycles. The Morgan fingerprint density at radius 2 is 1.86 bits per heavy atom. The highest BCUT2D eigenvalue weighted by Crippen LogP contribution is 2.13. The highest BCUT2D eigenvalue weighted by molar-refractivity contribution is 6.39. The van der Waals surface area contributed by atoms with E-state index in [1.165, 1.54) is 4.90 Å². The molecular formula is C15H21ClN2O3. The topological polar surface area (TPSA) is 69.6 Å². The lowest BCUT2D eigenvalue weighted by atomic mass is 10.2. The average molecular weight is 313 g/mol. The van der Waals surface area contributed by atoms with Crippen molar-refractivity contribution in [2.75, 3.05) is 25.0 Å². The second kappa shape index (κ2) is 9.37. The number of hydrogen-bond acceptors (Lipinski definition) is 3. The normalized spacial score (nSPS) is 10.2. The maximum absolute atomic E-state index is 12.1. The molecule has 1 rings (SSSR count). The van der Waals surface area contributed by atoms with Gasteiger partial charge in [0.1, 0.15) is 0 Å². The van der Waals surface area contributed by atoms with Gasteiger partial charge in [0.25, 0.3) is 0 Å². The van der Waals surface area contributed by atoms with Crippen LogP contribution in [0.2, 0.25) is 5.02 Å². The van der Waals surface area contributed by atoms with Gasteiger partial charge < -0.3 is 15.3 Å². The van der Waals surface area contributed by atoms with Gasteiger partial charge in [-0.25, -0.2) is 0 Å². The van der Waals surface area contributed by atoms with Crippen molar-refractivity contribution in [2.24, 2.45) is 0 Å². The second-order valence-electron chi connectivity index (χ2n) is 4.68. The van der Waals surface area contributed by atoms with Gasteiger partial charge in [0.2, 0.25) is 0 Å². The number of amides is 2. The molecule has 0 unspecified atom stereocenters. The average Bonchev–Trinajstić information content (AvgIpc) is 2.48. The summed E-state index contributed by atoms with van der Waals surface area (Å²) in [4.78, 5) is 25.4. The third-order valence-electron chi connectivity index (χ3n) is 2.99. The lowest BCUT2D eigenvalue weighted by Gasteiger charge is -2.21. The molecule has 6 heteroatoms. The van der Waals surface area contributed by atoms with Crippen molar-refractivity contribution in [2.45, 2.75) is 26.2 Å². The van der Waals surface area contributed by atoms with Crippen LogP contribution in [0.15, 0.2) is 24.3 Å². The van der Waals surface area contributed by atoms with Crippen LogP contribution in [0, 0.1) is 0 Å². The van der Waals surface area contributed by atoms with Crippen molar-refractivity contribution in [1.29, 1.82) is 0 Å². The monoisotopic (exact) mass is 312 g/mol. The van der Waals surface area contributed by atoms with Crippen LogP contribution in [0.1, 0.15) is 26.2 Å². The van der Waals surface area contributed by atoms with Crippen LogP contribution in [0.4, 0.5) is 5.69 Å². The maximum atomic E-state index is 12.1. The zero-order valence-electron chi connectivity index (χ0n) is 12.1. The quantitative estimate of drug-likeness (QED) is 0.599. The van der Waals surface area contributed by atoms with Crippen LogP contribution in [-0.4, -0.2) is 41.5 Å². The molecule has 0 aliphatic rings. The van der Waals surface area contributed by atoms with E-state index < -0.39 is 11.8 Å². The Morgan fingerprint density at radius 1 is 1.19 bits per heavy atom. The van der Waals surface area contributed by atoms with Crippen molar-refractivity contribution < 1.29 is 14.7 Å². The van der Waals surface area contributed by atoms with Crippen molar-refractivity contribution in [3.05, 3.63) is 29.3 Å². The van der Waals surface area contributed by atoms with E-state index in [1.807, 2.05) is 0 Å². The predicted molar refractivity (Wildman–Crippen MR) is 83.3 cm³/mol. The molecule has 0 bridgehead atoms. The molecule has 0 saturated carbocycles. The minimum atomic E-state index is -0.706. The summed E-state index contributed by atoms with van der Waals surface area (Å²) in [5, 5.41) is 12.1. The number of hydrogen-bond donors (Lipinski definition) is 2. The first-order valence-electron chi connectivity index (χ1n) is 7.05. The molecule has 2 N–H and O–H groups in total. The molecule has 0 saturated heterocycles. The molecular weight excluding hydrogens is 292 g/mol. The fourth-order valence-electron chi connectivity index (χ4n) is 1.85. The van der Waals surface area contributed by atoms with Gasteiger partial charge in [0.05, 0.1) is 6.61 Å². The van der Waals surface area contributed by atoms with Crippen molar-refractivity contribution in [3.8, 4) is 0 Å². The summed E-state index contributed by atoms with van der Waals surface area (Å²) in [7, 11) is 0. The van der Waals surface area contributed by atoms with Gasteiger partial charge in [0, 0.05) is 23.8 Å². The third-order valence-corrected chi connectivity index (χ3v) is 3.24. The Labute approximate surface area is 129 Å². The molecule has 0 fully saturated rings. The van der Waals surface area contributed by atoms with E-state index in [-0.39, 0.29) is 13.2 Å². The highest BCUT2D eigenvalue weighted by atomic mass is 35.5. The van der Waals surface area contributed by atoms with Gasteiger partial charge in [-0.2, -0.15) is 0 Å². The number of aliphatic hydroxyl groups is 1. The van der Waals surface area contributed by atoms with E-state index in [2.05, 4.69) is 12.2 Å². The minimum absolute atomic E-state index is 0.161. The lowest BCUT2D eigenvalue weighted by molar-refractivity contribution is -0.143. The van der Waals surface area contributed by atoms with Crippen LogP contribution in [0.3, 0.4) is 0 Å². The number of aliphatic hydroxyl groups excluding tert-OH is 1. The zero-order valence-corrected chi connectivity index (χ0v) is 12.9. The number of anilines is 1. The van der Waals surface area contributed by atoms with Gasteiger partial charge in [-0.05, 0) is 30.7 Å². The first-order valence-corrected chi connectivity index (χ1v) is 7.43. The number of nitrogens with one attached hydrogen (secondary N) is 1. The van der Waals surface area contributed by atoms with Gasteiger partial charge in [-0.1, -0.05) is 31.4 Å². The standard InChI is InChI=1S/C15H21ClN2O3/c1-2-3-4-9-18(10-11-19)15(21)14(20)17-13-7-5-12(16)6-8-13/h5-8,19H,2-4,9-11H2,1H3,(H,17,20). The number of benzene rings is 1. The first kappa shape index (κ1) is 17.5. The Kier molecular flexibility index (Phi) is 7.79. The summed E-state index contributed by atoms with van der Waals surface area (Å²) >= 11 is 5.76. The Balaban J connectivity index is 2.60. The fourth-order valence-corrected chi connectivity index (χ4v) is 1.98. The lowest BCUT2D eigenvalue weighted by Crippen LogP contribution is -2.41. The molecule has 0 aromatic heterocycles. The third kappa shape index (κ3) is 6.14. The minimum Gasteiger partial charge on any atom is -0.395 e. The van der Waals surface area contributed by atoms with Gasteiger partial charge in [0.15, 0.2) is 0 Å². The van der Waals surface area contributed by atoms with Gasteiger partial charge in [-0.15, -0.1) is 0 Å². The number of carbonyl (C=O) groups excluding carboxylic acids is 2. The van der Waals surface area contributed by atoms with Gasteiger partial charge >= 0.3 is 11.8 Å². The molecule has 0 heterocycles. The van der Waals surface area contributed by atoms with E-state index in [0.717, 1.165) is 19.3 Å². The molecule has 0 radical (unpaired) electrons. The molecule has 5 nitrogen and oxygen atoms in total. The SMILES string of the molecule is CCCCCN(CCO)C(=O)C(=O)Nc1ccc(Cl)cc1. The number of rotatable bonds is 7. The van der Waals surface area contributed by atoms with Crippen LogP contribution >= 0.6 is 11.6 Å². The van der Waals surface area contributed by atoms with Crippen molar-refractivity contribution in [3.63, 3.8) is 0 Å². The largest absolute Gasteiger partial charge is 0.395 e. The van der Waals surface area contributed by atoms with Crippen molar-refractivity contribution >= 4 is 29.1 Å². The molecule has 0 atom stereocenters. The van der Waals surface area contributed by atoms with E-state index in [4.69, 9.17) is 16.7 Å². The van der Waals surface area contributed by atoms with Crippen LogP contribution in [0.5, 0.6) is 0 Å². The first-order chi connectivity index (χ1) is 10.1. The maximum Gasteiger partial charge on any atom is 0.313 e. The fraction of sp³-hybridized carbons (Fsp3) is 0.467. The molecule has 21 heavy (non-hydrogen) atoms. The van der Waals surface area contributed by atoms with Crippen molar-refractivity contribution in [1.82, 2.24) is 4.90 Å². The molecule has 116 valence electrons. The second-order valence-corrected chi connectivity index (χ2v) is 5.12. The predicted octanol–water partition coefficient (Wildman–Crippen LogP) is 2.29. The van der Waals surface area contributed by atoms with E-state index in [9.17, 15) is 9.59 Å². The van der Waals surface area contributed by atoms with E-state index >= 15 is 0 Å². The highest BCUT2D eigenvalue weighted by Gasteiger charge is 2.21. The number of halogens is 1. The molecule has 0 aliphatic carbocycles. The molecule has 2 amide bonds.